The number of alkyl halides is 3. The van der Waals surface area contributed by atoms with Crippen LogP contribution in [0.2, 0.25) is 0 Å². The second-order valence-corrected chi connectivity index (χ2v) is 4.98. The van der Waals surface area contributed by atoms with Crippen molar-refractivity contribution in [2.24, 2.45) is 0 Å². The summed E-state index contributed by atoms with van der Waals surface area (Å²) in [5.41, 5.74) is -0.751. The van der Waals surface area contributed by atoms with Crippen molar-refractivity contribution in [1.82, 2.24) is 5.32 Å². The predicted octanol–water partition coefficient (Wildman–Crippen LogP) is 3.18. The summed E-state index contributed by atoms with van der Waals surface area (Å²) in [5, 5.41) is 13.9. The molecule has 110 valence electrons. The van der Waals surface area contributed by atoms with Gasteiger partial charge < -0.3 is 14.8 Å². The van der Waals surface area contributed by atoms with Gasteiger partial charge in [-0.3, -0.25) is 0 Å². The van der Waals surface area contributed by atoms with E-state index in [2.05, 4.69) is 5.32 Å². The van der Waals surface area contributed by atoms with E-state index in [-0.39, 0.29) is 0 Å². The van der Waals surface area contributed by atoms with Gasteiger partial charge in [-0.25, -0.2) is 0 Å². The molecule has 1 heterocycles. The maximum absolute atomic E-state index is 12.6. The second-order valence-electron chi connectivity index (χ2n) is 4.98. The number of halogens is 3. The number of nitrogens with one attached hydrogen (secondary N) is 1. The highest BCUT2D eigenvalue weighted by Gasteiger charge is 2.41. The molecule has 0 amide bonds. The van der Waals surface area contributed by atoms with Crippen LogP contribution in [0, 0.1) is 0 Å². The number of rotatable bonds is 4. The van der Waals surface area contributed by atoms with Crippen LogP contribution >= 0.6 is 0 Å². The van der Waals surface area contributed by atoms with Crippen LogP contribution in [-0.2, 0) is 5.60 Å². The summed E-state index contributed by atoms with van der Waals surface area (Å²) >= 11 is 0. The average molecular weight is 287 g/mol. The lowest BCUT2D eigenvalue weighted by molar-refractivity contribution is -0.154. The molecule has 0 aliphatic rings. The minimum atomic E-state index is -4.35. The van der Waals surface area contributed by atoms with Gasteiger partial charge in [0.2, 0.25) is 0 Å². The van der Waals surface area contributed by atoms with Gasteiger partial charge in [0.15, 0.2) is 0 Å². The van der Waals surface area contributed by atoms with Crippen molar-refractivity contribution in [2.75, 3.05) is 7.05 Å². The average Bonchev–Trinajstić information content (AvgIpc) is 2.81. The fraction of sp³-hybridized carbons (Fsp3) is 0.429. The van der Waals surface area contributed by atoms with Gasteiger partial charge in [-0.1, -0.05) is 12.1 Å². The molecular formula is C14H16F3NO2. The zero-order chi connectivity index (χ0) is 15.0. The highest BCUT2D eigenvalue weighted by molar-refractivity contribution is 5.77. The lowest BCUT2D eigenvalue weighted by Crippen LogP contribution is -2.47. The van der Waals surface area contributed by atoms with Crippen molar-refractivity contribution >= 4 is 11.0 Å². The van der Waals surface area contributed by atoms with Gasteiger partial charge in [0.05, 0.1) is 12.7 Å². The molecule has 0 saturated carbocycles. The first kappa shape index (κ1) is 14.9. The number of hydrogen-bond acceptors (Lipinski definition) is 3. The minimum absolute atomic E-state index is 0.378. The van der Waals surface area contributed by atoms with E-state index in [1.165, 1.54) is 20.2 Å². The van der Waals surface area contributed by atoms with Gasteiger partial charge >= 0.3 is 6.18 Å². The van der Waals surface area contributed by atoms with Gasteiger partial charge in [-0.05, 0) is 31.7 Å². The summed E-state index contributed by atoms with van der Waals surface area (Å²) in [5.74, 6) is 0. The van der Waals surface area contributed by atoms with Gasteiger partial charge in [0.25, 0.3) is 0 Å². The summed E-state index contributed by atoms with van der Waals surface area (Å²) in [4.78, 5) is 0. The van der Waals surface area contributed by atoms with E-state index in [0.717, 1.165) is 5.39 Å². The molecule has 6 heteroatoms. The van der Waals surface area contributed by atoms with Crippen LogP contribution in [0.3, 0.4) is 0 Å². The standard InChI is InChI=1S/C14H16F3NO2/c1-13(19,12(18-2)8-14(15,16)17)10-4-3-9-5-6-20-11(9)7-10/h3-7,12,18-19H,8H2,1-2H3. The molecule has 20 heavy (non-hydrogen) atoms. The number of likely N-dealkylation sites (N-methyl/N-ethyl adjacent to an activating group) is 1. The molecule has 2 aromatic rings. The van der Waals surface area contributed by atoms with E-state index in [9.17, 15) is 18.3 Å². The zero-order valence-electron chi connectivity index (χ0n) is 11.2. The van der Waals surface area contributed by atoms with E-state index in [0.29, 0.717) is 11.1 Å². The Labute approximate surface area is 114 Å². The SMILES string of the molecule is CNC(CC(F)(F)F)C(C)(O)c1ccc2ccoc2c1. The first-order valence-electron chi connectivity index (χ1n) is 6.18. The number of hydrogen-bond donors (Lipinski definition) is 2. The van der Waals surface area contributed by atoms with Crippen molar-refractivity contribution in [1.29, 1.82) is 0 Å². The van der Waals surface area contributed by atoms with E-state index in [1.807, 2.05) is 0 Å². The second kappa shape index (κ2) is 5.10. The summed E-state index contributed by atoms with van der Waals surface area (Å²) in [6, 6.07) is 5.49. The molecular weight excluding hydrogens is 271 g/mol. The van der Waals surface area contributed by atoms with Crippen molar-refractivity contribution < 1.29 is 22.7 Å². The Kier molecular flexibility index (Phi) is 3.80. The molecule has 2 atom stereocenters. The Balaban J connectivity index is 2.35. The first-order valence-corrected chi connectivity index (χ1v) is 6.18. The Morgan fingerprint density at radius 2 is 2.00 bits per heavy atom. The molecule has 2 rings (SSSR count). The first-order chi connectivity index (χ1) is 9.24. The van der Waals surface area contributed by atoms with Crippen LogP contribution < -0.4 is 5.32 Å². The number of fused-ring (bicyclic) bond motifs is 1. The molecule has 2 unspecified atom stereocenters. The molecule has 0 bridgehead atoms. The summed E-state index contributed by atoms with van der Waals surface area (Å²) < 4.78 is 42.9. The molecule has 0 radical (unpaired) electrons. The number of furan rings is 1. The molecule has 0 saturated heterocycles. The van der Waals surface area contributed by atoms with E-state index < -0.39 is 24.2 Å². The van der Waals surface area contributed by atoms with Crippen molar-refractivity contribution in [3.8, 4) is 0 Å². The van der Waals surface area contributed by atoms with Crippen LogP contribution in [0.25, 0.3) is 11.0 Å². The lowest BCUT2D eigenvalue weighted by atomic mass is 9.86. The Bertz CT molecular complexity index is 589. The zero-order valence-corrected chi connectivity index (χ0v) is 11.2. The number of benzene rings is 1. The van der Waals surface area contributed by atoms with Crippen LogP contribution in [-0.4, -0.2) is 24.4 Å². The predicted molar refractivity (Wildman–Crippen MR) is 69.3 cm³/mol. The molecule has 0 fully saturated rings. The molecule has 0 aliphatic heterocycles. The maximum atomic E-state index is 12.6. The maximum Gasteiger partial charge on any atom is 0.390 e. The molecule has 1 aromatic heterocycles. The van der Waals surface area contributed by atoms with E-state index in [4.69, 9.17) is 4.42 Å². The molecule has 2 N–H and O–H groups in total. The lowest BCUT2D eigenvalue weighted by Gasteiger charge is -2.33. The minimum Gasteiger partial charge on any atom is -0.464 e. The summed E-state index contributed by atoms with van der Waals surface area (Å²) in [6.07, 6.45) is -3.98. The van der Waals surface area contributed by atoms with Gasteiger partial charge in [-0.2, -0.15) is 13.2 Å². The fourth-order valence-electron chi connectivity index (χ4n) is 2.28. The Morgan fingerprint density at radius 1 is 1.30 bits per heavy atom. The van der Waals surface area contributed by atoms with Gasteiger partial charge in [0, 0.05) is 11.4 Å². The topological polar surface area (TPSA) is 45.4 Å². The highest BCUT2D eigenvalue weighted by atomic mass is 19.4. The molecule has 3 nitrogen and oxygen atoms in total. The number of aliphatic hydroxyl groups is 1. The monoisotopic (exact) mass is 287 g/mol. The van der Waals surface area contributed by atoms with Gasteiger partial charge in [-0.15, -0.1) is 0 Å². The van der Waals surface area contributed by atoms with Crippen LogP contribution in [0.5, 0.6) is 0 Å². The third-order valence-corrected chi connectivity index (χ3v) is 3.50. The quantitative estimate of drug-likeness (QED) is 0.908. The third-order valence-electron chi connectivity index (χ3n) is 3.50. The molecule has 0 aliphatic carbocycles. The van der Waals surface area contributed by atoms with E-state index >= 15 is 0 Å². The fourth-order valence-corrected chi connectivity index (χ4v) is 2.28. The van der Waals surface area contributed by atoms with Crippen molar-refractivity contribution in [3.63, 3.8) is 0 Å². The Hall–Kier alpha value is -1.53. The van der Waals surface area contributed by atoms with E-state index in [1.54, 1.807) is 24.3 Å². The Morgan fingerprint density at radius 3 is 2.60 bits per heavy atom. The summed E-state index contributed by atoms with van der Waals surface area (Å²) in [7, 11) is 1.40. The largest absolute Gasteiger partial charge is 0.464 e. The molecule has 1 aromatic carbocycles. The van der Waals surface area contributed by atoms with Gasteiger partial charge in [0.1, 0.15) is 11.2 Å². The van der Waals surface area contributed by atoms with Crippen molar-refractivity contribution in [3.05, 3.63) is 36.1 Å². The smallest absolute Gasteiger partial charge is 0.390 e. The molecule has 0 spiro atoms. The van der Waals surface area contributed by atoms with Crippen LogP contribution in [0.1, 0.15) is 18.9 Å². The summed E-state index contributed by atoms with van der Waals surface area (Å²) in [6.45, 7) is 1.37. The third kappa shape index (κ3) is 2.96. The van der Waals surface area contributed by atoms with Crippen LogP contribution in [0.4, 0.5) is 13.2 Å². The highest BCUT2D eigenvalue weighted by Crippen LogP contribution is 2.33. The van der Waals surface area contributed by atoms with Crippen LogP contribution in [0.15, 0.2) is 34.9 Å². The van der Waals surface area contributed by atoms with Crippen molar-refractivity contribution in [2.45, 2.75) is 31.2 Å². The normalized spacial score (nSPS) is 17.1.